The molecule has 21 heavy (non-hydrogen) atoms. The van der Waals surface area contributed by atoms with Crippen LogP contribution < -0.4 is 5.32 Å². The second kappa shape index (κ2) is 6.07. The molecule has 1 aliphatic heterocycles. The minimum Gasteiger partial charge on any atom is -0.478 e. The van der Waals surface area contributed by atoms with Gasteiger partial charge in [-0.05, 0) is 12.1 Å². The number of rotatable bonds is 4. The van der Waals surface area contributed by atoms with Gasteiger partial charge in [0.1, 0.15) is 11.4 Å². The molecule has 1 aromatic heterocycles. The van der Waals surface area contributed by atoms with Crippen LogP contribution in [0.5, 0.6) is 0 Å². The quantitative estimate of drug-likeness (QED) is 0.892. The van der Waals surface area contributed by atoms with E-state index in [4.69, 9.17) is 9.47 Å². The highest BCUT2D eigenvalue weighted by molar-refractivity contribution is 5.98. The average Bonchev–Trinajstić information content (AvgIpc) is 2.53. The van der Waals surface area contributed by atoms with Gasteiger partial charge in [0, 0.05) is 11.9 Å². The standard InChI is InChI=1S/C15H16N2O4/c18-15(19)12-7-10-3-1-2-4-13(10)17-14(12)16-8-11-9-20-5-6-21-11/h1-4,7,11H,5-6,8-9H2,(H,16,17)(H,18,19). The number of benzene rings is 1. The number of pyridine rings is 1. The lowest BCUT2D eigenvalue weighted by molar-refractivity contribution is -0.0819. The molecule has 6 heteroatoms. The number of ether oxygens (including phenoxy) is 2. The molecule has 3 rings (SSSR count). The first-order chi connectivity index (χ1) is 10.2. The minimum atomic E-state index is -1.00. The maximum atomic E-state index is 11.4. The second-order valence-corrected chi connectivity index (χ2v) is 4.83. The van der Waals surface area contributed by atoms with E-state index >= 15 is 0 Å². The molecule has 0 radical (unpaired) electrons. The molecular formula is C15H16N2O4. The van der Waals surface area contributed by atoms with Gasteiger partial charge in [-0.15, -0.1) is 0 Å². The van der Waals surface area contributed by atoms with Gasteiger partial charge < -0.3 is 19.9 Å². The summed E-state index contributed by atoms with van der Waals surface area (Å²) in [5.74, 6) is -0.646. The molecular weight excluding hydrogens is 272 g/mol. The molecule has 1 saturated heterocycles. The normalized spacial score (nSPS) is 18.6. The first-order valence-electron chi connectivity index (χ1n) is 6.80. The zero-order valence-corrected chi connectivity index (χ0v) is 11.4. The summed E-state index contributed by atoms with van der Waals surface area (Å²) < 4.78 is 10.8. The maximum Gasteiger partial charge on any atom is 0.339 e. The lowest BCUT2D eigenvalue weighted by Crippen LogP contribution is -2.34. The number of carboxylic acid groups (broad SMARTS) is 1. The largest absolute Gasteiger partial charge is 0.478 e. The van der Waals surface area contributed by atoms with Crippen LogP contribution in [0, 0.1) is 0 Å². The summed E-state index contributed by atoms with van der Waals surface area (Å²) in [6, 6.07) is 9.06. The van der Waals surface area contributed by atoms with Crippen molar-refractivity contribution in [3.63, 3.8) is 0 Å². The van der Waals surface area contributed by atoms with E-state index in [0.29, 0.717) is 32.2 Å². The predicted octanol–water partition coefficient (Wildman–Crippen LogP) is 1.76. The lowest BCUT2D eigenvalue weighted by atomic mass is 10.1. The Hall–Kier alpha value is -2.18. The molecule has 1 aromatic carbocycles. The van der Waals surface area contributed by atoms with E-state index < -0.39 is 5.97 Å². The van der Waals surface area contributed by atoms with Crippen molar-refractivity contribution in [2.24, 2.45) is 0 Å². The van der Waals surface area contributed by atoms with Crippen LogP contribution in [0.1, 0.15) is 10.4 Å². The second-order valence-electron chi connectivity index (χ2n) is 4.83. The maximum absolute atomic E-state index is 11.4. The topological polar surface area (TPSA) is 80.7 Å². The van der Waals surface area contributed by atoms with Gasteiger partial charge >= 0.3 is 5.97 Å². The Morgan fingerprint density at radius 2 is 2.24 bits per heavy atom. The van der Waals surface area contributed by atoms with Crippen molar-refractivity contribution in [1.82, 2.24) is 4.98 Å². The Balaban J connectivity index is 1.84. The molecule has 2 aromatic rings. The van der Waals surface area contributed by atoms with E-state index in [1.54, 1.807) is 6.07 Å². The van der Waals surface area contributed by atoms with Crippen LogP contribution in [-0.4, -0.2) is 48.5 Å². The van der Waals surface area contributed by atoms with E-state index in [9.17, 15) is 9.90 Å². The Bertz CT molecular complexity index is 653. The summed E-state index contributed by atoms with van der Waals surface area (Å²) >= 11 is 0. The number of aromatic nitrogens is 1. The zero-order chi connectivity index (χ0) is 14.7. The summed E-state index contributed by atoms with van der Waals surface area (Å²) in [5, 5.41) is 13.2. The Morgan fingerprint density at radius 3 is 3.00 bits per heavy atom. The van der Waals surface area contributed by atoms with Crippen molar-refractivity contribution in [2.75, 3.05) is 31.7 Å². The summed E-state index contributed by atoms with van der Waals surface area (Å²) in [5.41, 5.74) is 0.913. The van der Waals surface area contributed by atoms with E-state index in [2.05, 4.69) is 10.3 Å². The van der Waals surface area contributed by atoms with Gasteiger partial charge in [-0.3, -0.25) is 0 Å². The molecule has 0 spiro atoms. The van der Waals surface area contributed by atoms with E-state index in [1.807, 2.05) is 24.3 Å². The molecule has 1 atom stereocenters. The average molecular weight is 288 g/mol. The highest BCUT2D eigenvalue weighted by Crippen LogP contribution is 2.20. The first kappa shape index (κ1) is 13.8. The number of hydrogen-bond acceptors (Lipinski definition) is 5. The lowest BCUT2D eigenvalue weighted by Gasteiger charge is -2.23. The van der Waals surface area contributed by atoms with Crippen LogP contribution in [0.2, 0.25) is 0 Å². The molecule has 0 aliphatic carbocycles. The molecule has 0 saturated carbocycles. The number of carboxylic acids is 1. The number of para-hydroxylation sites is 1. The number of hydrogen-bond donors (Lipinski definition) is 2. The summed E-state index contributed by atoms with van der Waals surface area (Å²) in [7, 11) is 0. The molecule has 6 nitrogen and oxygen atoms in total. The van der Waals surface area contributed by atoms with Crippen molar-refractivity contribution in [2.45, 2.75) is 6.10 Å². The molecule has 0 amide bonds. The van der Waals surface area contributed by atoms with Gasteiger partial charge in [0.05, 0.1) is 31.4 Å². The highest BCUT2D eigenvalue weighted by atomic mass is 16.6. The summed E-state index contributed by atoms with van der Waals surface area (Å²) in [6.45, 7) is 2.13. The van der Waals surface area contributed by atoms with Crippen molar-refractivity contribution in [3.8, 4) is 0 Å². The molecule has 1 aliphatic rings. The first-order valence-corrected chi connectivity index (χ1v) is 6.80. The van der Waals surface area contributed by atoms with Gasteiger partial charge in [-0.1, -0.05) is 18.2 Å². The van der Waals surface area contributed by atoms with Crippen LogP contribution >= 0.6 is 0 Å². The molecule has 1 fully saturated rings. The van der Waals surface area contributed by atoms with E-state index in [1.165, 1.54) is 0 Å². The predicted molar refractivity (Wildman–Crippen MR) is 77.8 cm³/mol. The van der Waals surface area contributed by atoms with Gasteiger partial charge in [0.25, 0.3) is 0 Å². The van der Waals surface area contributed by atoms with Crippen molar-refractivity contribution < 1.29 is 19.4 Å². The third-order valence-corrected chi connectivity index (χ3v) is 3.34. The molecule has 1 unspecified atom stereocenters. The van der Waals surface area contributed by atoms with Gasteiger partial charge in [0.2, 0.25) is 0 Å². The fraction of sp³-hybridized carbons (Fsp3) is 0.333. The molecule has 2 heterocycles. The molecule has 110 valence electrons. The van der Waals surface area contributed by atoms with Crippen LogP contribution in [-0.2, 0) is 9.47 Å². The number of aromatic carboxylic acids is 1. The van der Waals surface area contributed by atoms with Crippen LogP contribution in [0.15, 0.2) is 30.3 Å². The summed E-state index contributed by atoms with van der Waals surface area (Å²) in [6.07, 6.45) is -0.0892. The van der Waals surface area contributed by atoms with E-state index in [-0.39, 0.29) is 11.7 Å². The van der Waals surface area contributed by atoms with Gasteiger partial charge in [-0.25, -0.2) is 9.78 Å². The van der Waals surface area contributed by atoms with Crippen molar-refractivity contribution in [3.05, 3.63) is 35.9 Å². The number of carbonyl (C=O) groups is 1. The number of nitrogens with zero attached hydrogens (tertiary/aromatic N) is 1. The Labute approximate surface area is 121 Å². The zero-order valence-electron chi connectivity index (χ0n) is 11.4. The van der Waals surface area contributed by atoms with Crippen molar-refractivity contribution in [1.29, 1.82) is 0 Å². The molecule has 2 N–H and O–H groups in total. The van der Waals surface area contributed by atoms with Crippen LogP contribution in [0.25, 0.3) is 10.9 Å². The van der Waals surface area contributed by atoms with Gasteiger partial charge in [0.15, 0.2) is 0 Å². The Kier molecular flexibility index (Phi) is 3.98. The fourth-order valence-electron chi connectivity index (χ4n) is 2.28. The number of fused-ring (bicyclic) bond motifs is 1. The minimum absolute atomic E-state index is 0.0892. The fourth-order valence-corrected chi connectivity index (χ4v) is 2.28. The third kappa shape index (κ3) is 3.12. The monoisotopic (exact) mass is 288 g/mol. The van der Waals surface area contributed by atoms with E-state index in [0.717, 1.165) is 10.9 Å². The highest BCUT2D eigenvalue weighted by Gasteiger charge is 2.17. The summed E-state index contributed by atoms with van der Waals surface area (Å²) in [4.78, 5) is 15.8. The smallest absolute Gasteiger partial charge is 0.339 e. The SMILES string of the molecule is O=C(O)c1cc2ccccc2nc1NCC1COCCO1. The van der Waals surface area contributed by atoms with Crippen molar-refractivity contribution >= 4 is 22.7 Å². The number of anilines is 1. The van der Waals surface area contributed by atoms with Gasteiger partial charge in [-0.2, -0.15) is 0 Å². The van der Waals surface area contributed by atoms with Crippen LogP contribution in [0.4, 0.5) is 5.82 Å². The molecule has 0 bridgehead atoms. The number of nitrogens with one attached hydrogen (secondary N) is 1. The third-order valence-electron chi connectivity index (χ3n) is 3.34. The Morgan fingerprint density at radius 1 is 1.38 bits per heavy atom. The van der Waals surface area contributed by atoms with Crippen LogP contribution in [0.3, 0.4) is 0 Å².